The molecule has 0 unspecified atom stereocenters. The number of hydrogen-bond acceptors (Lipinski definition) is 1. The third kappa shape index (κ3) is 7.44. The molecule has 0 fully saturated rings. The molecule has 0 bridgehead atoms. The van der Waals surface area contributed by atoms with Crippen LogP contribution in [0.4, 0.5) is 4.39 Å². The maximum absolute atomic E-state index is 12.4. The molecule has 0 saturated heterocycles. The summed E-state index contributed by atoms with van der Waals surface area (Å²) in [5.74, 6) is 6.19. The predicted molar refractivity (Wildman–Crippen MR) is 94.3 cm³/mol. The van der Waals surface area contributed by atoms with Gasteiger partial charge in [-0.15, -0.1) is 5.92 Å². The summed E-state index contributed by atoms with van der Waals surface area (Å²) in [7, 11) is 1.79. The number of amidine groups is 1. The number of rotatable bonds is 1. The van der Waals surface area contributed by atoms with Crippen LogP contribution < -0.4 is 5.32 Å². The van der Waals surface area contributed by atoms with Crippen molar-refractivity contribution < 1.29 is 4.39 Å². The lowest BCUT2D eigenvalue weighted by Crippen LogP contribution is -2.12. The third-order valence-corrected chi connectivity index (χ3v) is 2.50. The maximum Gasteiger partial charge on any atom is 0.131 e. The second-order valence-corrected chi connectivity index (χ2v) is 4.00. The Labute approximate surface area is 133 Å². The minimum Gasteiger partial charge on any atom is -0.346 e. The summed E-state index contributed by atoms with van der Waals surface area (Å²) in [5.41, 5.74) is 1.92. The van der Waals surface area contributed by atoms with Gasteiger partial charge in [0.05, 0.1) is 0 Å². The van der Waals surface area contributed by atoms with Crippen LogP contribution >= 0.6 is 0 Å². The molecule has 0 radical (unpaired) electrons. The number of benzene rings is 1. The van der Waals surface area contributed by atoms with E-state index in [9.17, 15) is 4.39 Å². The normalized spacial score (nSPS) is 15.0. The van der Waals surface area contributed by atoms with Crippen molar-refractivity contribution in [2.45, 2.75) is 34.1 Å². The molecule has 1 heterocycles. The molecule has 0 spiro atoms. The Morgan fingerprint density at radius 3 is 2.59 bits per heavy atom. The minimum absolute atomic E-state index is 0.236. The molecule has 3 heteroatoms. The van der Waals surface area contributed by atoms with Crippen molar-refractivity contribution in [3.63, 3.8) is 0 Å². The first-order valence-electron chi connectivity index (χ1n) is 7.50. The quantitative estimate of drug-likeness (QED) is 0.747. The zero-order valence-corrected chi connectivity index (χ0v) is 14.1. The van der Waals surface area contributed by atoms with E-state index in [1.165, 1.54) is 17.7 Å². The lowest BCUT2D eigenvalue weighted by Gasteiger charge is -1.96. The Bertz CT molecular complexity index is 587. The Morgan fingerprint density at radius 2 is 2.05 bits per heavy atom. The second kappa shape index (κ2) is 12.4. The Morgan fingerprint density at radius 1 is 1.32 bits per heavy atom. The van der Waals surface area contributed by atoms with Crippen LogP contribution in [-0.2, 0) is 0 Å². The highest BCUT2D eigenvalue weighted by Gasteiger charge is 2.04. The number of halogens is 1. The first-order valence-corrected chi connectivity index (χ1v) is 7.50. The molecule has 0 aliphatic carbocycles. The average Bonchev–Trinajstić information content (AvgIpc) is 2.98. The number of aliphatic imine (C=N–C) groups is 1. The van der Waals surface area contributed by atoms with Gasteiger partial charge in [0.15, 0.2) is 0 Å². The van der Waals surface area contributed by atoms with Gasteiger partial charge in [0.25, 0.3) is 0 Å². The summed E-state index contributed by atoms with van der Waals surface area (Å²) in [6.45, 7) is 7.84. The van der Waals surface area contributed by atoms with Crippen molar-refractivity contribution in [3.05, 3.63) is 59.6 Å². The zero-order chi connectivity index (χ0) is 16.8. The van der Waals surface area contributed by atoms with Gasteiger partial charge in [0.1, 0.15) is 11.7 Å². The number of nitrogens with one attached hydrogen (secondary N) is 1. The molecule has 0 saturated carbocycles. The van der Waals surface area contributed by atoms with Crippen LogP contribution in [0.5, 0.6) is 0 Å². The Balaban J connectivity index is 0.000000360. The van der Waals surface area contributed by atoms with Gasteiger partial charge in [-0.1, -0.05) is 38.8 Å². The van der Waals surface area contributed by atoms with Crippen molar-refractivity contribution in [3.8, 4) is 11.8 Å². The minimum atomic E-state index is -0.236. The molecule has 1 aromatic carbocycles. The molecule has 118 valence electrons. The van der Waals surface area contributed by atoms with Crippen LogP contribution in [0.25, 0.3) is 0 Å². The van der Waals surface area contributed by atoms with Gasteiger partial charge in [-0.05, 0) is 37.6 Å². The van der Waals surface area contributed by atoms with E-state index < -0.39 is 0 Å². The van der Waals surface area contributed by atoms with Crippen LogP contribution in [0.2, 0.25) is 0 Å². The first kappa shape index (κ1) is 19.7. The molecule has 1 aromatic rings. The molecule has 0 atom stereocenters. The van der Waals surface area contributed by atoms with Gasteiger partial charge in [0, 0.05) is 24.4 Å². The van der Waals surface area contributed by atoms with Crippen LogP contribution in [0, 0.1) is 17.7 Å². The topological polar surface area (TPSA) is 24.4 Å². The lowest BCUT2D eigenvalue weighted by molar-refractivity contribution is 0.627. The van der Waals surface area contributed by atoms with Crippen LogP contribution in [0.3, 0.4) is 0 Å². The van der Waals surface area contributed by atoms with Gasteiger partial charge < -0.3 is 5.32 Å². The number of allylic oxidation sites excluding steroid dienone is 1. The average molecular weight is 300 g/mol. The highest BCUT2D eigenvalue weighted by Crippen LogP contribution is 2.05. The monoisotopic (exact) mass is 300 g/mol. The molecule has 1 N–H and O–H groups in total. The van der Waals surface area contributed by atoms with E-state index >= 15 is 0 Å². The van der Waals surface area contributed by atoms with Crippen molar-refractivity contribution in [1.29, 1.82) is 0 Å². The standard InChI is InChI=1S/C9H7F.C8H12N2.C2H6/c1-2-4-8-5-3-6-9(10)7-8;1-3-4-7-5-6-10-8(7)9-2;1-2/h3,5-7H,1H3;4-6H,3H2,1-2H3,(H,9,10);1-2H3/b;7-4-;. The lowest BCUT2D eigenvalue weighted by atomic mass is 10.2. The molecule has 0 amide bonds. The largest absolute Gasteiger partial charge is 0.346 e. The van der Waals surface area contributed by atoms with Crippen molar-refractivity contribution in [2.75, 3.05) is 7.05 Å². The summed E-state index contributed by atoms with van der Waals surface area (Å²) in [6, 6.07) is 6.24. The van der Waals surface area contributed by atoms with Crippen molar-refractivity contribution in [2.24, 2.45) is 4.99 Å². The predicted octanol–water partition coefficient (Wildman–Crippen LogP) is 4.69. The molecular formula is C19H25FN2. The van der Waals surface area contributed by atoms with E-state index in [2.05, 4.69) is 35.1 Å². The fraction of sp³-hybridized carbons (Fsp3) is 0.316. The van der Waals surface area contributed by atoms with Crippen molar-refractivity contribution >= 4 is 5.84 Å². The summed E-state index contributed by atoms with van der Waals surface area (Å²) in [4.78, 5) is 4.06. The summed E-state index contributed by atoms with van der Waals surface area (Å²) in [6.07, 6.45) is 7.15. The smallest absolute Gasteiger partial charge is 0.131 e. The van der Waals surface area contributed by atoms with E-state index in [0.717, 1.165) is 17.8 Å². The second-order valence-electron chi connectivity index (χ2n) is 4.00. The van der Waals surface area contributed by atoms with Crippen molar-refractivity contribution in [1.82, 2.24) is 5.32 Å². The SMILES string of the molecule is CC.CC#Cc1cccc(F)c1.CC/C=C1/C=CNC1=NC. The Kier molecular flexibility index (Phi) is 11.1. The zero-order valence-electron chi connectivity index (χ0n) is 14.1. The van der Waals surface area contributed by atoms with E-state index in [1.54, 1.807) is 26.1 Å². The van der Waals surface area contributed by atoms with Gasteiger partial charge in [-0.3, -0.25) is 4.99 Å². The van der Waals surface area contributed by atoms with Crippen LogP contribution in [0.1, 0.15) is 39.7 Å². The molecule has 2 nitrogen and oxygen atoms in total. The molecule has 1 aliphatic rings. The van der Waals surface area contributed by atoms with E-state index in [4.69, 9.17) is 0 Å². The highest BCUT2D eigenvalue weighted by molar-refractivity contribution is 6.03. The maximum atomic E-state index is 12.4. The number of hydrogen-bond donors (Lipinski definition) is 1. The first-order chi connectivity index (χ1) is 10.7. The molecule has 0 aromatic heterocycles. The molecule has 2 rings (SSSR count). The third-order valence-electron chi connectivity index (χ3n) is 2.50. The van der Waals surface area contributed by atoms with Gasteiger partial charge in [-0.2, -0.15) is 0 Å². The van der Waals surface area contributed by atoms with Crippen LogP contribution in [-0.4, -0.2) is 12.9 Å². The summed E-state index contributed by atoms with van der Waals surface area (Å²) < 4.78 is 12.4. The van der Waals surface area contributed by atoms with E-state index in [0.29, 0.717) is 0 Å². The van der Waals surface area contributed by atoms with Gasteiger partial charge in [-0.25, -0.2) is 4.39 Å². The van der Waals surface area contributed by atoms with Crippen LogP contribution in [0.15, 0.2) is 53.2 Å². The fourth-order valence-electron chi connectivity index (χ4n) is 1.66. The highest BCUT2D eigenvalue weighted by atomic mass is 19.1. The van der Waals surface area contributed by atoms with E-state index in [-0.39, 0.29) is 5.82 Å². The fourth-order valence-corrected chi connectivity index (χ4v) is 1.66. The van der Waals surface area contributed by atoms with Gasteiger partial charge >= 0.3 is 0 Å². The van der Waals surface area contributed by atoms with Gasteiger partial charge in [0.2, 0.25) is 0 Å². The summed E-state index contributed by atoms with van der Waals surface area (Å²) in [5, 5.41) is 3.04. The summed E-state index contributed by atoms with van der Waals surface area (Å²) >= 11 is 0. The molecule has 22 heavy (non-hydrogen) atoms. The molecule has 1 aliphatic heterocycles. The van der Waals surface area contributed by atoms with E-state index in [1.807, 2.05) is 26.1 Å². The Hall–Kier alpha value is -2.34. The molecular weight excluding hydrogens is 275 g/mol. The number of nitrogens with zero attached hydrogens (tertiary/aromatic N) is 1.